The molecule has 1 fully saturated rings. The molecule has 0 radical (unpaired) electrons. The maximum absolute atomic E-state index is 12.4. The van der Waals surface area contributed by atoms with E-state index in [1.165, 1.54) is 24.8 Å². The predicted molar refractivity (Wildman–Crippen MR) is 108 cm³/mol. The van der Waals surface area contributed by atoms with Crippen LogP contribution in [0.2, 0.25) is 0 Å². The highest BCUT2D eigenvalue weighted by Gasteiger charge is 2.23. The van der Waals surface area contributed by atoms with Gasteiger partial charge in [-0.1, -0.05) is 19.1 Å². The fraction of sp³-hybridized carbons (Fsp3) is 0.333. The standard InChI is InChI=1S/C20H23N3O3.CH2O2/c1-2-23-11-3-4-17(23)13-22-19(24)15-7-5-14(6-8-15)18-12-16(20(25)26)9-10-21-18;2-1-3/h5-10,12,17H,2-4,11,13H2,1H3,(H,22,24)(H,25,26);1H,(H,2,3). The van der Waals surface area contributed by atoms with Gasteiger partial charge in [-0.05, 0) is 50.2 Å². The Morgan fingerprint density at radius 1 is 1.24 bits per heavy atom. The first-order valence-electron chi connectivity index (χ1n) is 9.40. The van der Waals surface area contributed by atoms with E-state index in [9.17, 15) is 9.59 Å². The lowest BCUT2D eigenvalue weighted by molar-refractivity contribution is -0.122. The van der Waals surface area contributed by atoms with Crippen molar-refractivity contribution in [2.24, 2.45) is 0 Å². The highest BCUT2D eigenvalue weighted by Crippen LogP contribution is 2.19. The van der Waals surface area contributed by atoms with Gasteiger partial charge in [0.1, 0.15) is 0 Å². The largest absolute Gasteiger partial charge is 0.483 e. The molecule has 0 bridgehead atoms. The van der Waals surface area contributed by atoms with Crippen molar-refractivity contribution in [3.05, 3.63) is 53.7 Å². The summed E-state index contributed by atoms with van der Waals surface area (Å²) in [5.41, 5.74) is 2.12. The topological polar surface area (TPSA) is 120 Å². The molecule has 1 atom stereocenters. The number of aromatic carboxylic acids is 1. The fourth-order valence-electron chi connectivity index (χ4n) is 3.37. The number of carboxylic acid groups (broad SMARTS) is 2. The van der Waals surface area contributed by atoms with Crippen LogP contribution in [-0.2, 0) is 4.79 Å². The zero-order valence-electron chi connectivity index (χ0n) is 16.2. The minimum absolute atomic E-state index is 0.0910. The van der Waals surface area contributed by atoms with Crippen molar-refractivity contribution in [2.75, 3.05) is 19.6 Å². The number of nitrogens with zero attached hydrogens (tertiary/aromatic N) is 2. The van der Waals surface area contributed by atoms with Crippen molar-refractivity contribution in [2.45, 2.75) is 25.8 Å². The molecule has 1 aromatic heterocycles. The Labute approximate surface area is 169 Å². The molecule has 2 aromatic rings. The molecule has 154 valence electrons. The molecular formula is C21H25N3O5. The van der Waals surface area contributed by atoms with Crippen LogP contribution < -0.4 is 5.32 Å². The number of carbonyl (C=O) groups excluding carboxylic acids is 1. The second-order valence-corrected chi connectivity index (χ2v) is 6.55. The first kappa shape index (κ1) is 22.0. The van der Waals surface area contributed by atoms with Crippen LogP contribution in [0.25, 0.3) is 11.3 Å². The third-order valence-corrected chi connectivity index (χ3v) is 4.85. The zero-order chi connectivity index (χ0) is 21.2. The van der Waals surface area contributed by atoms with Crippen molar-refractivity contribution in [1.29, 1.82) is 0 Å². The van der Waals surface area contributed by atoms with E-state index in [1.54, 1.807) is 24.3 Å². The Hall–Kier alpha value is -3.26. The normalized spacial score (nSPS) is 15.8. The van der Waals surface area contributed by atoms with Crippen LogP contribution in [0.15, 0.2) is 42.6 Å². The Morgan fingerprint density at radius 3 is 2.55 bits per heavy atom. The van der Waals surface area contributed by atoms with Gasteiger partial charge in [-0.15, -0.1) is 0 Å². The molecule has 1 aliphatic heterocycles. The lowest BCUT2D eigenvalue weighted by Crippen LogP contribution is -2.40. The van der Waals surface area contributed by atoms with Gasteiger partial charge in [-0.2, -0.15) is 0 Å². The molecule has 8 nitrogen and oxygen atoms in total. The van der Waals surface area contributed by atoms with Gasteiger partial charge in [-0.25, -0.2) is 4.79 Å². The molecule has 8 heteroatoms. The van der Waals surface area contributed by atoms with Crippen LogP contribution in [0.3, 0.4) is 0 Å². The number of aromatic nitrogens is 1. The van der Waals surface area contributed by atoms with Gasteiger partial charge >= 0.3 is 5.97 Å². The maximum Gasteiger partial charge on any atom is 0.335 e. The molecule has 0 spiro atoms. The number of nitrogens with one attached hydrogen (secondary N) is 1. The number of benzene rings is 1. The number of carbonyl (C=O) groups is 3. The minimum Gasteiger partial charge on any atom is -0.483 e. The van der Waals surface area contributed by atoms with Crippen LogP contribution >= 0.6 is 0 Å². The molecule has 1 aromatic carbocycles. The maximum atomic E-state index is 12.4. The van der Waals surface area contributed by atoms with E-state index in [2.05, 4.69) is 22.1 Å². The van der Waals surface area contributed by atoms with Gasteiger partial charge in [0.2, 0.25) is 0 Å². The summed E-state index contributed by atoms with van der Waals surface area (Å²) in [5, 5.41) is 19.0. The van der Waals surface area contributed by atoms with Crippen LogP contribution in [0.5, 0.6) is 0 Å². The van der Waals surface area contributed by atoms with E-state index in [0.717, 1.165) is 25.1 Å². The summed E-state index contributed by atoms with van der Waals surface area (Å²) >= 11 is 0. The third kappa shape index (κ3) is 6.11. The molecule has 0 aliphatic carbocycles. The van der Waals surface area contributed by atoms with Gasteiger partial charge in [-0.3, -0.25) is 19.5 Å². The second kappa shape index (κ2) is 10.9. The summed E-state index contributed by atoms with van der Waals surface area (Å²) in [7, 11) is 0. The van der Waals surface area contributed by atoms with E-state index in [4.69, 9.17) is 15.0 Å². The number of rotatable bonds is 6. The monoisotopic (exact) mass is 399 g/mol. The van der Waals surface area contributed by atoms with Crippen molar-refractivity contribution in [3.63, 3.8) is 0 Å². The van der Waals surface area contributed by atoms with Crippen LogP contribution in [0.4, 0.5) is 0 Å². The molecule has 29 heavy (non-hydrogen) atoms. The summed E-state index contributed by atoms with van der Waals surface area (Å²) in [6, 6.07) is 10.5. The molecule has 3 N–H and O–H groups in total. The molecule has 0 saturated carbocycles. The summed E-state index contributed by atoms with van der Waals surface area (Å²) in [5.74, 6) is -1.08. The third-order valence-electron chi connectivity index (χ3n) is 4.85. The highest BCUT2D eigenvalue weighted by atomic mass is 16.4. The van der Waals surface area contributed by atoms with Gasteiger partial charge in [0.05, 0.1) is 11.3 Å². The van der Waals surface area contributed by atoms with Crippen molar-refractivity contribution < 1.29 is 24.6 Å². The zero-order valence-corrected chi connectivity index (χ0v) is 16.2. The van der Waals surface area contributed by atoms with Gasteiger partial charge < -0.3 is 15.5 Å². The summed E-state index contributed by atoms with van der Waals surface area (Å²) in [6.45, 7) is 4.68. The number of amides is 1. The molecular weight excluding hydrogens is 374 g/mol. The number of likely N-dealkylation sites (tertiary alicyclic amines) is 1. The number of hydrogen-bond acceptors (Lipinski definition) is 5. The Morgan fingerprint density at radius 2 is 1.93 bits per heavy atom. The average Bonchev–Trinajstić information content (AvgIpc) is 3.20. The summed E-state index contributed by atoms with van der Waals surface area (Å²) < 4.78 is 0. The first-order valence-corrected chi connectivity index (χ1v) is 9.40. The van der Waals surface area contributed by atoms with Crippen LogP contribution in [-0.4, -0.2) is 64.1 Å². The van der Waals surface area contributed by atoms with Gasteiger partial charge in [0, 0.05) is 29.9 Å². The number of carboxylic acids is 1. The number of pyridine rings is 1. The van der Waals surface area contributed by atoms with E-state index in [1.807, 2.05) is 0 Å². The van der Waals surface area contributed by atoms with Crippen molar-refractivity contribution in [3.8, 4) is 11.3 Å². The number of likely N-dealkylation sites (N-methyl/N-ethyl adjacent to an activating group) is 1. The molecule has 1 aliphatic rings. The van der Waals surface area contributed by atoms with E-state index < -0.39 is 5.97 Å². The average molecular weight is 399 g/mol. The van der Waals surface area contributed by atoms with Crippen molar-refractivity contribution >= 4 is 18.3 Å². The van der Waals surface area contributed by atoms with Gasteiger partial charge in [0.15, 0.2) is 0 Å². The van der Waals surface area contributed by atoms with E-state index in [-0.39, 0.29) is 17.9 Å². The Kier molecular flexibility index (Phi) is 8.29. The molecule has 1 amide bonds. The van der Waals surface area contributed by atoms with Gasteiger partial charge in [0.25, 0.3) is 12.4 Å². The lowest BCUT2D eigenvalue weighted by atomic mass is 10.1. The SMILES string of the molecule is CCN1CCCC1CNC(=O)c1ccc(-c2cc(C(=O)O)ccn2)cc1.O=CO. The Balaban J connectivity index is 0.000000941. The minimum atomic E-state index is -0.988. The summed E-state index contributed by atoms with van der Waals surface area (Å²) in [6.07, 6.45) is 3.78. The highest BCUT2D eigenvalue weighted by molar-refractivity contribution is 5.94. The first-order chi connectivity index (χ1) is 14.0. The van der Waals surface area contributed by atoms with Crippen LogP contribution in [0, 0.1) is 0 Å². The lowest BCUT2D eigenvalue weighted by Gasteiger charge is -2.22. The van der Waals surface area contributed by atoms with Crippen molar-refractivity contribution in [1.82, 2.24) is 15.2 Å². The Bertz CT molecular complexity index is 838. The quantitative estimate of drug-likeness (QED) is 0.638. The molecule has 1 saturated heterocycles. The molecule has 2 heterocycles. The molecule has 3 rings (SSSR count). The second-order valence-electron chi connectivity index (χ2n) is 6.55. The van der Waals surface area contributed by atoms with E-state index >= 15 is 0 Å². The predicted octanol–water partition coefficient (Wildman–Crippen LogP) is 2.36. The number of hydrogen-bond donors (Lipinski definition) is 3. The van der Waals surface area contributed by atoms with Crippen LogP contribution in [0.1, 0.15) is 40.5 Å². The van der Waals surface area contributed by atoms with E-state index in [0.29, 0.717) is 23.8 Å². The summed E-state index contributed by atoms with van der Waals surface area (Å²) in [4.78, 5) is 38.4. The fourth-order valence-corrected chi connectivity index (χ4v) is 3.37. The smallest absolute Gasteiger partial charge is 0.335 e. The molecule has 1 unspecified atom stereocenters.